The minimum absolute atomic E-state index is 0.00853. The first-order valence-electron chi connectivity index (χ1n) is 15.4. The summed E-state index contributed by atoms with van der Waals surface area (Å²) in [5.74, 6) is 1.12. The van der Waals surface area contributed by atoms with Crippen molar-refractivity contribution in [1.29, 1.82) is 0 Å². The average Bonchev–Trinajstić information content (AvgIpc) is 3.70. The molecule has 3 atom stereocenters. The van der Waals surface area contributed by atoms with E-state index < -0.39 is 12.0 Å². The maximum absolute atomic E-state index is 14.0. The summed E-state index contributed by atoms with van der Waals surface area (Å²) in [5, 5.41) is 31.7. The third-order valence-corrected chi connectivity index (χ3v) is 8.26. The summed E-state index contributed by atoms with van der Waals surface area (Å²) >= 11 is 0. The number of aliphatic imine (C=N–C) groups is 1. The van der Waals surface area contributed by atoms with Gasteiger partial charge in [-0.05, 0) is 67.0 Å². The first-order valence-corrected chi connectivity index (χ1v) is 15.4. The van der Waals surface area contributed by atoms with Crippen molar-refractivity contribution in [3.8, 4) is 23.0 Å². The molecule has 8 heteroatoms. The van der Waals surface area contributed by atoms with Crippen LogP contribution < -0.4 is 14.5 Å². The van der Waals surface area contributed by atoms with Crippen LogP contribution in [0.5, 0.6) is 23.0 Å². The van der Waals surface area contributed by atoms with E-state index in [4.69, 9.17) is 9.47 Å². The molecule has 1 aliphatic rings. The Balaban J connectivity index is 1.53. The Morgan fingerprint density at radius 3 is 2.20 bits per heavy atom. The molecular weight excluding hydrogens is 556 g/mol. The third kappa shape index (κ3) is 9.16. The van der Waals surface area contributed by atoms with Gasteiger partial charge in [-0.25, -0.2) is 0 Å². The fraction of sp³-hybridized carbons (Fsp3) is 0.417. The van der Waals surface area contributed by atoms with Gasteiger partial charge >= 0.3 is 0 Å². The van der Waals surface area contributed by atoms with Gasteiger partial charge in [0.1, 0.15) is 24.0 Å². The van der Waals surface area contributed by atoms with Crippen molar-refractivity contribution in [2.24, 2.45) is 16.8 Å². The topological polar surface area (TPSA) is 123 Å². The van der Waals surface area contributed by atoms with Crippen molar-refractivity contribution < 1.29 is 29.6 Å². The van der Waals surface area contributed by atoms with Gasteiger partial charge in [0.2, 0.25) is 0 Å². The van der Waals surface area contributed by atoms with Crippen LogP contribution in [0.4, 0.5) is 0 Å². The Hall–Kier alpha value is -4.17. The number of ketones is 1. The van der Waals surface area contributed by atoms with Crippen LogP contribution in [-0.2, 0) is 24.1 Å². The third-order valence-electron chi connectivity index (χ3n) is 8.26. The molecule has 0 aliphatic carbocycles. The number of aliphatic hydroxyl groups excluding tert-OH is 1. The molecule has 1 aliphatic heterocycles. The maximum Gasteiger partial charge on any atom is 0.175 e. The molecule has 0 saturated carbocycles. The minimum atomic E-state index is -0.906. The molecule has 2 aromatic carbocycles. The Kier molecular flexibility index (Phi) is 11.9. The van der Waals surface area contributed by atoms with Gasteiger partial charge in [-0.2, -0.15) is 12.4 Å². The lowest BCUT2D eigenvalue weighted by Crippen LogP contribution is -2.31. The lowest BCUT2D eigenvalue weighted by Gasteiger charge is -2.25. The van der Waals surface area contributed by atoms with Crippen molar-refractivity contribution >= 4 is 12.0 Å². The highest BCUT2D eigenvalue weighted by Crippen LogP contribution is 2.33. The van der Waals surface area contributed by atoms with Crippen LogP contribution in [0.1, 0.15) is 62.1 Å². The van der Waals surface area contributed by atoms with E-state index in [1.54, 1.807) is 42.7 Å². The fourth-order valence-corrected chi connectivity index (χ4v) is 5.76. The number of aromatic hydroxyl groups is 2. The molecule has 0 unspecified atom stereocenters. The van der Waals surface area contributed by atoms with Crippen LogP contribution in [0, 0.1) is 17.8 Å². The molecule has 2 heterocycles. The molecule has 3 aromatic rings. The number of phenolic OH excluding ortho intramolecular Hbond substituents is 2. The predicted molar refractivity (Wildman–Crippen MR) is 171 cm³/mol. The number of carbonyl (C=O) groups excluding carboxylic acids is 1. The van der Waals surface area contributed by atoms with Crippen LogP contribution in [0.3, 0.4) is 0 Å². The summed E-state index contributed by atoms with van der Waals surface area (Å²) in [6.07, 6.45) is 12.8. The molecule has 3 N–H and O–H groups in total. The molecule has 0 saturated heterocycles. The smallest absolute Gasteiger partial charge is 0.175 e. The molecule has 4 rings (SSSR count). The quantitative estimate of drug-likeness (QED) is 0.118. The molecule has 0 fully saturated rings. The van der Waals surface area contributed by atoms with E-state index in [2.05, 4.69) is 23.0 Å². The van der Waals surface area contributed by atoms with Crippen molar-refractivity contribution in [3.63, 3.8) is 0 Å². The fourth-order valence-electron chi connectivity index (χ4n) is 5.76. The number of Topliss-reactive ketones (excluding diaryl/α,β-unsaturated/α-hetero) is 1. The van der Waals surface area contributed by atoms with Crippen LogP contribution >= 0.6 is 0 Å². The Morgan fingerprint density at radius 1 is 0.932 bits per heavy atom. The molecule has 0 spiro atoms. The van der Waals surface area contributed by atoms with Crippen molar-refractivity contribution in [2.75, 3.05) is 14.2 Å². The van der Waals surface area contributed by atoms with E-state index >= 15 is 0 Å². The monoisotopic (exact) mass is 600 g/mol. The molecule has 8 nitrogen and oxygen atoms in total. The van der Waals surface area contributed by atoms with E-state index in [0.29, 0.717) is 37.2 Å². The highest BCUT2D eigenvalue weighted by Gasteiger charge is 2.32. The van der Waals surface area contributed by atoms with E-state index in [1.807, 2.05) is 18.3 Å². The molecule has 44 heavy (non-hydrogen) atoms. The van der Waals surface area contributed by atoms with Crippen LogP contribution in [0.15, 0.2) is 71.6 Å². The number of aromatic nitrogens is 1. The zero-order chi connectivity index (χ0) is 31.5. The van der Waals surface area contributed by atoms with Gasteiger partial charge in [0.15, 0.2) is 28.7 Å². The number of rotatable bonds is 18. The minimum Gasteiger partial charge on any atom is -0.670 e. The van der Waals surface area contributed by atoms with Crippen molar-refractivity contribution in [3.05, 3.63) is 89.2 Å². The van der Waals surface area contributed by atoms with E-state index in [9.17, 15) is 20.1 Å². The Labute approximate surface area is 260 Å². The molecular formula is C36H44N2O6. The van der Waals surface area contributed by atoms with Gasteiger partial charge in [-0.3, -0.25) is 4.79 Å². The second-order valence-electron chi connectivity index (χ2n) is 11.6. The van der Waals surface area contributed by atoms with Gasteiger partial charge in [0.25, 0.3) is 0 Å². The van der Waals surface area contributed by atoms with E-state index in [0.717, 1.165) is 54.0 Å². The summed E-state index contributed by atoms with van der Waals surface area (Å²) in [6, 6.07) is 12.2. The van der Waals surface area contributed by atoms with Gasteiger partial charge in [0, 0.05) is 12.3 Å². The Bertz CT molecular complexity index is 1410. The van der Waals surface area contributed by atoms with E-state index in [-0.39, 0.29) is 29.6 Å². The second-order valence-corrected chi connectivity index (χ2v) is 11.6. The molecule has 1 aromatic heterocycles. The highest BCUT2D eigenvalue weighted by molar-refractivity contribution is 5.86. The van der Waals surface area contributed by atoms with Gasteiger partial charge in [-0.1, -0.05) is 43.5 Å². The SMILES string of the molecule is CCCCCC1=C[C+](C[C@@H](Cc2ccc(O)c(OC)c2)C(=O)C[C@@H](O)[C@H](Cc2cc[n-]c2)Cc2ccc(O)c(OC)c2)C=N1. The number of carbonyl (C=O) groups is 1. The largest absolute Gasteiger partial charge is 0.670 e. The van der Waals surface area contributed by atoms with Crippen LogP contribution in [-0.4, -0.2) is 47.6 Å². The number of phenols is 2. The van der Waals surface area contributed by atoms with Gasteiger partial charge in [-0.15, -0.1) is 4.99 Å². The number of benzene rings is 2. The number of methoxy groups -OCH3 is 2. The van der Waals surface area contributed by atoms with Gasteiger partial charge in [0.05, 0.1) is 33.2 Å². The number of nitrogens with zero attached hydrogens (tertiary/aromatic N) is 2. The number of hydrogen-bond acceptors (Lipinski definition) is 7. The lowest BCUT2D eigenvalue weighted by atomic mass is 9.81. The zero-order valence-corrected chi connectivity index (χ0v) is 25.9. The lowest BCUT2D eigenvalue weighted by molar-refractivity contribution is -0.125. The zero-order valence-electron chi connectivity index (χ0n) is 25.9. The summed E-state index contributed by atoms with van der Waals surface area (Å²) < 4.78 is 10.6. The molecule has 0 radical (unpaired) electrons. The summed E-state index contributed by atoms with van der Waals surface area (Å²) in [4.78, 5) is 22.7. The second kappa shape index (κ2) is 16.1. The average molecular weight is 601 g/mol. The summed E-state index contributed by atoms with van der Waals surface area (Å²) in [7, 11) is 3.00. The van der Waals surface area contributed by atoms with Crippen LogP contribution in [0.2, 0.25) is 0 Å². The van der Waals surface area contributed by atoms with Crippen molar-refractivity contribution in [1.82, 2.24) is 4.98 Å². The molecule has 0 amide bonds. The number of allylic oxidation sites excluding steroid dienone is 2. The molecule has 234 valence electrons. The maximum atomic E-state index is 14.0. The van der Waals surface area contributed by atoms with Crippen molar-refractivity contribution in [2.45, 2.75) is 70.8 Å². The number of hydrogen-bond donors (Lipinski definition) is 3. The summed E-state index contributed by atoms with van der Waals surface area (Å²) in [6.45, 7) is 2.18. The first kappa shape index (κ1) is 32.7. The van der Waals surface area contributed by atoms with Crippen LogP contribution in [0.25, 0.3) is 0 Å². The standard InChI is InChI=1S/C36H44N2O6/c1-4-5-6-7-30-18-27(23-38-30)17-29(15-25-9-11-32(40)36(20-25)44-3)34(42)21-33(41)28(16-26-12-13-37-22-26)14-24-8-10-31(39)35(19-24)43-2/h8-13,18-20,22-23,28-29,33,39-41H,4-7,14-17,21H2,1-3H3/t28-,29+,33+/m0/s1. The summed E-state index contributed by atoms with van der Waals surface area (Å²) in [5.41, 5.74) is 3.78. The Morgan fingerprint density at radius 2 is 1.59 bits per heavy atom. The highest BCUT2D eigenvalue weighted by atomic mass is 16.5. The molecule has 0 bridgehead atoms. The van der Waals surface area contributed by atoms with Gasteiger partial charge < -0.3 is 29.8 Å². The first-order chi connectivity index (χ1) is 21.3. The predicted octanol–water partition coefficient (Wildman–Crippen LogP) is 6.17. The number of aliphatic hydroxyl groups is 1. The number of unbranched alkanes of at least 4 members (excludes halogenated alkanes) is 2. The number of ether oxygens (including phenoxy) is 2. The normalized spacial score (nSPS) is 14.7. The van der Waals surface area contributed by atoms with E-state index in [1.165, 1.54) is 14.2 Å².